The number of hydrogen-bond donors (Lipinski definition) is 2. The third kappa shape index (κ3) is 2.33. The second kappa shape index (κ2) is 5.12. The summed E-state index contributed by atoms with van der Waals surface area (Å²) in [5.41, 5.74) is 5.93. The van der Waals surface area contributed by atoms with Crippen LogP contribution in [0.3, 0.4) is 0 Å². The van der Waals surface area contributed by atoms with Crippen molar-refractivity contribution in [3.8, 4) is 0 Å². The van der Waals surface area contributed by atoms with Crippen molar-refractivity contribution >= 4 is 11.6 Å². The summed E-state index contributed by atoms with van der Waals surface area (Å²) in [5, 5.41) is 9.92. The first kappa shape index (κ1) is 12.9. The summed E-state index contributed by atoms with van der Waals surface area (Å²) in [5.74, 6) is -0.0639. The van der Waals surface area contributed by atoms with Crippen molar-refractivity contribution in [2.45, 2.75) is 39.5 Å². The maximum atomic E-state index is 12.3. The molecule has 0 bridgehead atoms. The first-order chi connectivity index (χ1) is 9.65. The van der Waals surface area contributed by atoms with Gasteiger partial charge in [-0.1, -0.05) is 6.07 Å². The number of carbonyl (C=O) groups is 1. The number of nitrogens with zero attached hydrogens (tertiary/aromatic N) is 1. The van der Waals surface area contributed by atoms with Crippen molar-refractivity contribution in [1.29, 1.82) is 0 Å². The van der Waals surface area contributed by atoms with Crippen molar-refractivity contribution in [3.63, 3.8) is 0 Å². The van der Waals surface area contributed by atoms with Crippen LogP contribution in [0.25, 0.3) is 0 Å². The van der Waals surface area contributed by atoms with Gasteiger partial charge in [-0.2, -0.15) is 5.10 Å². The topological polar surface area (TPSA) is 57.8 Å². The van der Waals surface area contributed by atoms with E-state index in [9.17, 15) is 4.79 Å². The van der Waals surface area contributed by atoms with Crippen LogP contribution in [-0.2, 0) is 12.8 Å². The first-order valence-electron chi connectivity index (χ1n) is 7.10. The van der Waals surface area contributed by atoms with Crippen LogP contribution in [0.15, 0.2) is 18.2 Å². The number of anilines is 1. The zero-order valence-corrected chi connectivity index (χ0v) is 11.9. The number of rotatable bonds is 2. The minimum atomic E-state index is -0.0639. The summed E-state index contributed by atoms with van der Waals surface area (Å²) < 4.78 is 0. The Balaban J connectivity index is 1.84. The molecular formula is C16H19N3O. The Morgan fingerprint density at radius 3 is 2.65 bits per heavy atom. The van der Waals surface area contributed by atoms with Gasteiger partial charge >= 0.3 is 0 Å². The van der Waals surface area contributed by atoms with E-state index in [1.54, 1.807) is 0 Å². The number of aryl methyl sites for hydroxylation is 4. The lowest BCUT2D eigenvalue weighted by Crippen LogP contribution is -2.14. The molecule has 3 rings (SSSR count). The molecular weight excluding hydrogens is 250 g/mol. The van der Waals surface area contributed by atoms with Crippen molar-refractivity contribution in [1.82, 2.24) is 10.2 Å². The molecule has 0 aliphatic heterocycles. The van der Waals surface area contributed by atoms with E-state index in [1.807, 2.05) is 26.0 Å². The Hall–Kier alpha value is -2.10. The number of amides is 1. The molecule has 0 saturated heterocycles. The van der Waals surface area contributed by atoms with E-state index in [1.165, 1.54) is 24.0 Å². The largest absolute Gasteiger partial charge is 0.319 e. The van der Waals surface area contributed by atoms with Gasteiger partial charge in [-0.15, -0.1) is 0 Å². The Morgan fingerprint density at radius 2 is 1.95 bits per heavy atom. The summed E-state index contributed by atoms with van der Waals surface area (Å²) >= 11 is 0. The lowest BCUT2D eigenvalue weighted by molar-refractivity contribution is 0.102. The normalized spacial score (nSPS) is 13.9. The van der Waals surface area contributed by atoms with Crippen molar-refractivity contribution < 1.29 is 4.79 Å². The number of aromatic amines is 1. The number of hydrogen-bond acceptors (Lipinski definition) is 2. The number of aromatic nitrogens is 2. The molecule has 0 spiro atoms. The molecule has 0 unspecified atom stereocenters. The highest BCUT2D eigenvalue weighted by atomic mass is 16.1. The summed E-state index contributed by atoms with van der Waals surface area (Å²) in [6.07, 6.45) is 4.70. The molecule has 0 saturated carbocycles. The van der Waals surface area contributed by atoms with Gasteiger partial charge in [0.1, 0.15) is 0 Å². The highest BCUT2D eigenvalue weighted by molar-refractivity contribution is 6.05. The smallest absolute Gasteiger partial charge is 0.255 e. The second-order valence-electron chi connectivity index (χ2n) is 5.45. The molecule has 1 amide bonds. The van der Waals surface area contributed by atoms with E-state index in [0.717, 1.165) is 35.5 Å². The van der Waals surface area contributed by atoms with Gasteiger partial charge in [0.05, 0.1) is 17.1 Å². The SMILES string of the molecule is Cc1n[nH]c(C)c1NC(=O)c1ccc2c(c1)CCCC2. The Labute approximate surface area is 118 Å². The van der Waals surface area contributed by atoms with Crippen LogP contribution in [0.1, 0.15) is 45.7 Å². The Kier molecular flexibility index (Phi) is 3.30. The molecule has 1 heterocycles. The molecule has 2 aromatic rings. The standard InChI is InChI=1S/C16H19N3O/c1-10-15(11(2)19-18-10)17-16(20)14-8-7-12-5-3-4-6-13(12)9-14/h7-9H,3-6H2,1-2H3,(H,17,20)(H,18,19). The summed E-state index contributed by atoms with van der Waals surface area (Å²) in [6.45, 7) is 3.79. The Morgan fingerprint density at radius 1 is 1.20 bits per heavy atom. The average molecular weight is 269 g/mol. The van der Waals surface area contributed by atoms with Crippen LogP contribution < -0.4 is 5.32 Å². The van der Waals surface area contributed by atoms with E-state index in [2.05, 4.69) is 21.6 Å². The fourth-order valence-electron chi connectivity index (χ4n) is 2.80. The van der Waals surface area contributed by atoms with Crippen LogP contribution in [0.2, 0.25) is 0 Å². The minimum absolute atomic E-state index is 0.0639. The molecule has 1 aliphatic rings. The molecule has 104 valence electrons. The first-order valence-corrected chi connectivity index (χ1v) is 7.10. The van der Waals surface area contributed by atoms with Gasteiger partial charge in [0.2, 0.25) is 0 Å². The van der Waals surface area contributed by atoms with Gasteiger partial charge < -0.3 is 5.32 Å². The molecule has 0 fully saturated rings. The quantitative estimate of drug-likeness (QED) is 0.879. The van der Waals surface area contributed by atoms with Gasteiger partial charge in [0.25, 0.3) is 5.91 Å². The molecule has 2 N–H and O–H groups in total. The zero-order valence-electron chi connectivity index (χ0n) is 11.9. The predicted octanol–water partition coefficient (Wildman–Crippen LogP) is 3.16. The highest BCUT2D eigenvalue weighted by Crippen LogP contribution is 2.23. The van der Waals surface area contributed by atoms with Crippen molar-refractivity contribution in [3.05, 3.63) is 46.3 Å². The molecule has 4 heteroatoms. The summed E-state index contributed by atoms with van der Waals surface area (Å²) in [7, 11) is 0. The maximum absolute atomic E-state index is 12.3. The molecule has 20 heavy (non-hydrogen) atoms. The third-order valence-corrected chi connectivity index (χ3v) is 3.98. The van der Waals surface area contributed by atoms with Crippen molar-refractivity contribution in [2.24, 2.45) is 0 Å². The van der Waals surface area contributed by atoms with Gasteiger partial charge in [-0.25, -0.2) is 0 Å². The lowest BCUT2D eigenvalue weighted by atomic mass is 9.90. The fraction of sp³-hybridized carbons (Fsp3) is 0.375. The highest BCUT2D eigenvalue weighted by Gasteiger charge is 2.15. The number of H-pyrrole nitrogens is 1. The molecule has 1 aromatic heterocycles. The third-order valence-electron chi connectivity index (χ3n) is 3.98. The summed E-state index contributed by atoms with van der Waals surface area (Å²) in [6, 6.07) is 6.05. The van der Waals surface area contributed by atoms with Gasteiger partial charge in [-0.3, -0.25) is 9.89 Å². The van der Waals surface area contributed by atoms with Crippen molar-refractivity contribution in [2.75, 3.05) is 5.32 Å². The van der Waals surface area contributed by atoms with Crippen LogP contribution in [-0.4, -0.2) is 16.1 Å². The van der Waals surface area contributed by atoms with E-state index in [4.69, 9.17) is 0 Å². The average Bonchev–Trinajstić information content (AvgIpc) is 2.78. The maximum Gasteiger partial charge on any atom is 0.255 e. The number of nitrogens with one attached hydrogen (secondary N) is 2. The van der Waals surface area contributed by atoms with Gasteiger partial charge in [-0.05, 0) is 62.8 Å². The van der Waals surface area contributed by atoms with E-state index in [-0.39, 0.29) is 5.91 Å². The van der Waals surface area contributed by atoms with Crippen LogP contribution in [0, 0.1) is 13.8 Å². The molecule has 0 atom stereocenters. The van der Waals surface area contributed by atoms with Crippen LogP contribution in [0.4, 0.5) is 5.69 Å². The predicted molar refractivity (Wildman–Crippen MR) is 79.1 cm³/mol. The van der Waals surface area contributed by atoms with E-state index >= 15 is 0 Å². The minimum Gasteiger partial charge on any atom is -0.319 e. The lowest BCUT2D eigenvalue weighted by Gasteiger charge is -2.16. The molecule has 1 aromatic carbocycles. The monoisotopic (exact) mass is 269 g/mol. The van der Waals surface area contributed by atoms with Crippen LogP contribution >= 0.6 is 0 Å². The number of benzene rings is 1. The zero-order chi connectivity index (χ0) is 14.1. The van der Waals surface area contributed by atoms with Gasteiger partial charge in [0.15, 0.2) is 0 Å². The fourth-order valence-corrected chi connectivity index (χ4v) is 2.80. The number of carbonyl (C=O) groups excluding carboxylic acids is 1. The van der Waals surface area contributed by atoms with E-state index in [0.29, 0.717) is 0 Å². The van der Waals surface area contributed by atoms with Gasteiger partial charge in [0, 0.05) is 5.56 Å². The summed E-state index contributed by atoms with van der Waals surface area (Å²) in [4.78, 5) is 12.3. The Bertz CT molecular complexity index is 638. The molecule has 0 radical (unpaired) electrons. The number of fused-ring (bicyclic) bond motifs is 1. The molecule has 1 aliphatic carbocycles. The molecule has 4 nitrogen and oxygen atoms in total. The second-order valence-corrected chi connectivity index (χ2v) is 5.45. The van der Waals surface area contributed by atoms with Crippen LogP contribution in [0.5, 0.6) is 0 Å². The van der Waals surface area contributed by atoms with E-state index < -0.39 is 0 Å².